The summed E-state index contributed by atoms with van der Waals surface area (Å²) < 4.78 is 5.13. The summed E-state index contributed by atoms with van der Waals surface area (Å²) in [4.78, 5) is 11.3. The van der Waals surface area contributed by atoms with Gasteiger partial charge in [-0.15, -0.1) is 0 Å². The summed E-state index contributed by atoms with van der Waals surface area (Å²) in [6, 6.07) is 0. The maximum atomic E-state index is 11.3. The Morgan fingerprint density at radius 2 is 2.00 bits per heavy atom. The minimum Gasteiger partial charge on any atom is -0.466 e. The second-order valence-corrected chi connectivity index (χ2v) is 4.06. The van der Waals surface area contributed by atoms with E-state index in [1.54, 1.807) is 0 Å². The van der Waals surface area contributed by atoms with E-state index >= 15 is 0 Å². The third-order valence-corrected chi connectivity index (χ3v) is 2.72. The van der Waals surface area contributed by atoms with E-state index in [0.29, 0.717) is 13.0 Å². The van der Waals surface area contributed by atoms with Crippen LogP contribution in [0.5, 0.6) is 0 Å². The molecule has 0 N–H and O–H groups in total. The summed E-state index contributed by atoms with van der Waals surface area (Å²) in [6.45, 7) is 2.70. The number of rotatable bonds is 5. The van der Waals surface area contributed by atoms with Gasteiger partial charge in [0.15, 0.2) is 0 Å². The normalized spacial score (nSPS) is 18.1. The van der Waals surface area contributed by atoms with Crippen molar-refractivity contribution in [1.82, 2.24) is 0 Å². The molecule has 0 heterocycles. The number of esters is 1. The van der Waals surface area contributed by atoms with Gasteiger partial charge in [-0.25, -0.2) is 0 Å². The Morgan fingerprint density at radius 3 is 2.64 bits per heavy atom. The Balaban J connectivity index is 2.06. The summed E-state index contributed by atoms with van der Waals surface area (Å²) >= 11 is 0. The molecule has 0 atom stereocenters. The molecule has 14 heavy (non-hydrogen) atoms. The Morgan fingerprint density at radius 1 is 1.29 bits per heavy atom. The van der Waals surface area contributed by atoms with Gasteiger partial charge in [0.25, 0.3) is 0 Å². The Hall–Kier alpha value is -0.530. The highest BCUT2D eigenvalue weighted by molar-refractivity contribution is 5.71. The fourth-order valence-corrected chi connectivity index (χ4v) is 1.81. The van der Waals surface area contributed by atoms with E-state index in [9.17, 15) is 4.79 Å². The zero-order valence-corrected chi connectivity index (χ0v) is 9.18. The molecule has 1 saturated carbocycles. The molecule has 0 unspecified atom stereocenters. The molecular weight excluding hydrogens is 176 g/mol. The van der Waals surface area contributed by atoms with E-state index in [0.717, 1.165) is 25.7 Å². The molecule has 0 aromatic carbocycles. The van der Waals surface area contributed by atoms with Crippen LogP contribution in [0.2, 0.25) is 0 Å². The lowest BCUT2D eigenvalue weighted by molar-refractivity contribution is -0.143. The first kappa shape index (κ1) is 11.5. The fourth-order valence-electron chi connectivity index (χ4n) is 1.81. The molecule has 2 nitrogen and oxygen atoms in total. The van der Waals surface area contributed by atoms with Gasteiger partial charge in [0.2, 0.25) is 0 Å². The second-order valence-electron chi connectivity index (χ2n) is 4.06. The quantitative estimate of drug-likeness (QED) is 0.499. The average molecular weight is 197 g/mol. The first-order chi connectivity index (χ1) is 6.83. The van der Waals surface area contributed by atoms with Crippen LogP contribution in [0.3, 0.4) is 0 Å². The number of carbonyl (C=O) groups excluding carboxylic acids is 1. The van der Waals surface area contributed by atoms with Crippen molar-refractivity contribution in [1.29, 1.82) is 0 Å². The fraction of sp³-hybridized carbons (Fsp3) is 0.833. The molecule has 0 aliphatic heterocycles. The van der Waals surface area contributed by atoms with Crippen molar-refractivity contribution in [2.24, 2.45) is 0 Å². The molecule has 0 aromatic heterocycles. The van der Waals surface area contributed by atoms with E-state index in [1.165, 1.54) is 25.2 Å². The van der Waals surface area contributed by atoms with Crippen molar-refractivity contribution < 1.29 is 9.53 Å². The highest BCUT2D eigenvalue weighted by Gasteiger charge is 2.17. The van der Waals surface area contributed by atoms with Crippen LogP contribution in [0.25, 0.3) is 0 Å². The van der Waals surface area contributed by atoms with Gasteiger partial charge in [0, 0.05) is 0 Å². The lowest BCUT2D eigenvalue weighted by atomic mass is 9.87. The Bertz CT molecular complexity index is 160. The summed E-state index contributed by atoms with van der Waals surface area (Å²) in [7, 11) is 0. The summed E-state index contributed by atoms with van der Waals surface area (Å²) in [6.07, 6.45) is 8.78. The molecule has 1 aliphatic rings. The molecule has 0 bridgehead atoms. The molecule has 0 saturated heterocycles. The number of carbonyl (C=O) groups is 1. The van der Waals surface area contributed by atoms with Gasteiger partial charge < -0.3 is 4.74 Å². The topological polar surface area (TPSA) is 26.3 Å². The van der Waals surface area contributed by atoms with E-state index in [2.05, 4.69) is 6.92 Å². The number of unbranched alkanes of at least 4 members (excludes halogenated alkanes) is 1. The first-order valence-corrected chi connectivity index (χ1v) is 5.82. The minimum atomic E-state index is -0.0182. The van der Waals surface area contributed by atoms with Gasteiger partial charge in [-0.1, -0.05) is 32.6 Å². The molecular formula is C12H21O2. The van der Waals surface area contributed by atoms with Crippen molar-refractivity contribution in [3.63, 3.8) is 0 Å². The second kappa shape index (κ2) is 6.86. The predicted molar refractivity (Wildman–Crippen MR) is 56.8 cm³/mol. The Kier molecular flexibility index (Phi) is 5.65. The summed E-state index contributed by atoms with van der Waals surface area (Å²) in [5, 5.41) is 0. The van der Waals surface area contributed by atoms with Gasteiger partial charge in [-0.05, 0) is 25.2 Å². The molecule has 1 rings (SSSR count). The first-order valence-electron chi connectivity index (χ1n) is 5.82. The van der Waals surface area contributed by atoms with Crippen LogP contribution in [-0.2, 0) is 9.53 Å². The molecule has 1 radical (unpaired) electrons. The van der Waals surface area contributed by atoms with Gasteiger partial charge in [0.1, 0.15) is 0 Å². The van der Waals surface area contributed by atoms with Crippen LogP contribution in [-0.4, -0.2) is 12.6 Å². The van der Waals surface area contributed by atoms with Crippen molar-refractivity contribution in [2.75, 3.05) is 6.61 Å². The average Bonchev–Trinajstić information content (AvgIpc) is 2.20. The van der Waals surface area contributed by atoms with Crippen molar-refractivity contribution >= 4 is 5.97 Å². The van der Waals surface area contributed by atoms with Crippen LogP contribution in [0.1, 0.15) is 58.3 Å². The van der Waals surface area contributed by atoms with Crippen LogP contribution in [0, 0.1) is 5.92 Å². The summed E-state index contributed by atoms with van der Waals surface area (Å²) in [5.74, 6) is 1.38. The van der Waals surface area contributed by atoms with Crippen molar-refractivity contribution in [3.8, 4) is 0 Å². The zero-order valence-electron chi connectivity index (χ0n) is 9.18. The molecule has 0 spiro atoms. The zero-order chi connectivity index (χ0) is 10.2. The molecule has 0 aromatic rings. The maximum Gasteiger partial charge on any atom is 0.306 e. The van der Waals surface area contributed by atoms with E-state index in [-0.39, 0.29) is 5.97 Å². The van der Waals surface area contributed by atoms with Crippen molar-refractivity contribution in [3.05, 3.63) is 5.92 Å². The molecule has 2 heteroatoms. The highest BCUT2D eigenvalue weighted by Crippen LogP contribution is 2.28. The monoisotopic (exact) mass is 197 g/mol. The van der Waals surface area contributed by atoms with Gasteiger partial charge in [-0.2, -0.15) is 0 Å². The Labute approximate surface area is 87.0 Å². The number of hydrogen-bond donors (Lipinski definition) is 0. The van der Waals surface area contributed by atoms with Crippen LogP contribution >= 0.6 is 0 Å². The van der Waals surface area contributed by atoms with Crippen LogP contribution in [0.4, 0.5) is 0 Å². The standard InChI is InChI=1S/C12H21O2/c1-2-3-9-14-12(13)10-11-7-5-4-6-8-11/h2-10H2,1H3. The SMILES string of the molecule is CCCCOC(=O)C[C]1CCCCC1. The highest BCUT2D eigenvalue weighted by atomic mass is 16.5. The predicted octanol–water partition coefficient (Wildman–Crippen LogP) is 3.26. The van der Waals surface area contributed by atoms with E-state index in [4.69, 9.17) is 4.74 Å². The molecule has 81 valence electrons. The molecule has 0 amide bonds. The minimum absolute atomic E-state index is 0.0182. The summed E-state index contributed by atoms with van der Waals surface area (Å²) in [5.41, 5.74) is 0. The third-order valence-electron chi connectivity index (χ3n) is 2.72. The molecule has 1 fully saturated rings. The third kappa shape index (κ3) is 4.64. The lowest BCUT2D eigenvalue weighted by Gasteiger charge is -2.19. The number of ether oxygens (including phenoxy) is 1. The van der Waals surface area contributed by atoms with Crippen LogP contribution in [0.15, 0.2) is 0 Å². The van der Waals surface area contributed by atoms with Gasteiger partial charge in [-0.3, -0.25) is 4.79 Å². The maximum absolute atomic E-state index is 11.3. The largest absolute Gasteiger partial charge is 0.466 e. The van der Waals surface area contributed by atoms with E-state index < -0.39 is 0 Å². The lowest BCUT2D eigenvalue weighted by Crippen LogP contribution is -2.13. The van der Waals surface area contributed by atoms with Gasteiger partial charge in [0.05, 0.1) is 13.0 Å². The smallest absolute Gasteiger partial charge is 0.306 e. The van der Waals surface area contributed by atoms with Crippen molar-refractivity contribution in [2.45, 2.75) is 58.3 Å². The van der Waals surface area contributed by atoms with Crippen LogP contribution < -0.4 is 0 Å². The number of hydrogen-bond acceptors (Lipinski definition) is 2. The molecule has 1 aliphatic carbocycles. The van der Waals surface area contributed by atoms with Gasteiger partial charge >= 0.3 is 5.97 Å². The van der Waals surface area contributed by atoms with E-state index in [1.807, 2.05) is 0 Å².